The molecule has 26 heavy (non-hydrogen) atoms. The van der Waals surface area contributed by atoms with E-state index in [4.69, 9.17) is 0 Å². The monoisotopic (exact) mass is 358 g/mol. The van der Waals surface area contributed by atoms with E-state index in [2.05, 4.69) is 10.2 Å². The van der Waals surface area contributed by atoms with Crippen molar-refractivity contribution in [2.24, 2.45) is 0 Å². The molecule has 3 nitrogen and oxygen atoms in total. The maximum Gasteiger partial charge on any atom is 0.220 e. The van der Waals surface area contributed by atoms with Gasteiger partial charge in [0.1, 0.15) is 11.6 Å². The number of aryl methyl sites for hydroxylation is 1. The Morgan fingerprint density at radius 1 is 1.04 bits per heavy atom. The number of rotatable bonds is 6. The lowest BCUT2D eigenvalue weighted by atomic mass is 10.0. The number of benzene rings is 2. The molecule has 1 N–H and O–H groups in total. The molecule has 0 radical (unpaired) electrons. The molecule has 1 aliphatic rings. The van der Waals surface area contributed by atoms with Crippen molar-refractivity contribution in [3.63, 3.8) is 0 Å². The molecule has 3 rings (SSSR count). The van der Waals surface area contributed by atoms with E-state index in [0.29, 0.717) is 18.4 Å². The summed E-state index contributed by atoms with van der Waals surface area (Å²) in [5.41, 5.74) is 1.68. The first-order chi connectivity index (χ1) is 12.6. The second kappa shape index (κ2) is 8.90. The van der Waals surface area contributed by atoms with Crippen molar-refractivity contribution in [1.29, 1.82) is 0 Å². The molecule has 1 amide bonds. The molecule has 2 aromatic carbocycles. The lowest BCUT2D eigenvalue weighted by Gasteiger charge is -2.32. The number of amides is 1. The van der Waals surface area contributed by atoms with Crippen molar-refractivity contribution in [3.8, 4) is 0 Å². The van der Waals surface area contributed by atoms with Crippen LogP contribution >= 0.6 is 0 Å². The fourth-order valence-corrected chi connectivity index (χ4v) is 3.33. The van der Waals surface area contributed by atoms with Gasteiger partial charge in [0.2, 0.25) is 5.91 Å². The minimum absolute atomic E-state index is 0.0229. The molecule has 0 unspecified atom stereocenters. The maximum atomic E-state index is 13.6. The Labute approximate surface area is 153 Å². The van der Waals surface area contributed by atoms with Crippen molar-refractivity contribution >= 4 is 5.91 Å². The number of piperidine rings is 1. The van der Waals surface area contributed by atoms with Gasteiger partial charge in [-0.05, 0) is 48.6 Å². The van der Waals surface area contributed by atoms with Crippen molar-refractivity contribution < 1.29 is 13.6 Å². The Balaban J connectivity index is 1.38. The number of hydrogen-bond acceptors (Lipinski definition) is 2. The highest BCUT2D eigenvalue weighted by Crippen LogP contribution is 2.15. The zero-order chi connectivity index (χ0) is 18.4. The van der Waals surface area contributed by atoms with E-state index in [0.717, 1.165) is 38.0 Å². The van der Waals surface area contributed by atoms with Crippen molar-refractivity contribution in [2.45, 2.75) is 38.3 Å². The van der Waals surface area contributed by atoms with Crippen LogP contribution in [-0.2, 0) is 17.8 Å². The molecule has 0 saturated carbocycles. The van der Waals surface area contributed by atoms with Crippen LogP contribution < -0.4 is 5.32 Å². The van der Waals surface area contributed by atoms with E-state index in [9.17, 15) is 13.6 Å². The third kappa shape index (κ3) is 5.36. The van der Waals surface area contributed by atoms with Gasteiger partial charge in [0.15, 0.2) is 0 Å². The summed E-state index contributed by atoms with van der Waals surface area (Å²) in [6.45, 7) is 2.60. The molecule has 5 heteroatoms. The molecule has 0 aliphatic carbocycles. The molecule has 1 aliphatic heterocycles. The maximum absolute atomic E-state index is 13.6. The summed E-state index contributed by atoms with van der Waals surface area (Å²) < 4.78 is 26.5. The van der Waals surface area contributed by atoms with Gasteiger partial charge < -0.3 is 5.32 Å². The topological polar surface area (TPSA) is 32.3 Å². The van der Waals surface area contributed by atoms with Crippen LogP contribution in [0.4, 0.5) is 8.78 Å². The largest absolute Gasteiger partial charge is 0.353 e. The standard InChI is InChI=1S/C21H24F2N2O/c22-18-8-5-16(6-9-18)15-25-13-11-19(12-14-25)24-21(26)10-7-17-3-1-2-4-20(17)23/h1-6,8-9,19H,7,10-15H2,(H,24,26). The van der Waals surface area contributed by atoms with Crippen LogP contribution in [0.2, 0.25) is 0 Å². The molecular weight excluding hydrogens is 334 g/mol. The summed E-state index contributed by atoms with van der Waals surface area (Å²) >= 11 is 0. The summed E-state index contributed by atoms with van der Waals surface area (Å²) in [6, 6.07) is 13.3. The minimum Gasteiger partial charge on any atom is -0.353 e. The van der Waals surface area contributed by atoms with Gasteiger partial charge in [-0.3, -0.25) is 9.69 Å². The third-order valence-electron chi connectivity index (χ3n) is 4.85. The van der Waals surface area contributed by atoms with Gasteiger partial charge in [-0.15, -0.1) is 0 Å². The number of halogens is 2. The summed E-state index contributed by atoms with van der Waals surface area (Å²) in [5.74, 6) is -0.495. The van der Waals surface area contributed by atoms with Gasteiger partial charge in [-0.25, -0.2) is 8.78 Å². The lowest BCUT2D eigenvalue weighted by molar-refractivity contribution is -0.122. The van der Waals surface area contributed by atoms with E-state index in [1.165, 1.54) is 18.2 Å². The SMILES string of the molecule is O=C(CCc1ccccc1F)NC1CCN(Cc2ccc(F)cc2)CC1. The summed E-state index contributed by atoms with van der Waals surface area (Å²) in [4.78, 5) is 14.4. The smallest absolute Gasteiger partial charge is 0.220 e. The van der Waals surface area contributed by atoms with Crippen LogP contribution in [-0.4, -0.2) is 29.9 Å². The Bertz CT molecular complexity index is 725. The van der Waals surface area contributed by atoms with E-state index in [1.54, 1.807) is 18.2 Å². The van der Waals surface area contributed by atoms with Crippen LogP contribution in [0.15, 0.2) is 48.5 Å². The fourth-order valence-electron chi connectivity index (χ4n) is 3.33. The average Bonchev–Trinajstić information content (AvgIpc) is 2.64. The van der Waals surface area contributed by atoms with E-state index in [-0.39, 0.29) is 23.6 Å². The Hall–Kier alpha value is -2.27. The quantitative estimate of drug-likeness (QED) is 0.854. The number of carbonyl (C=O) groups excluding carboxylic acids is 1. The van der Waals surface area contributed by atoms with Crippen molar-refractivity contribution in [1.82, 2.24) is 10.2 Å². The first-order valence-corrected chi connectivity index (χ1v) is 9.10. The van der Waals surface area contributed by atoms with E-state index < -0.39 is 0 Å². The second-order valence-electron chi connectivity index (χ2n) is 6.84. The van der Waals surface area contributed by atoms with Crippen LogP contribution in [0.5, 0.6) is 0 Å². The number of nitrogens with one attached hydrogen (secondary N) is 1. The zero-order valence-electron chi connectivity index (χ0n) is 14.8. The first kappa shape index (κ1) is 18.5. The number of nitrogens with zero attached hydrogens (tertiary/aromatic N) is 1. The number of carbonyl (C=O) groups is 1. The Kier molecular flexibility index (Phi) is 6.34. The van der Waals surface area contributed by atoms with E-state index in [1.807, 2.05) is 12.1 Å². The van der Waals surface area contributed by atoms with Gasteiger partial charge in [0.05, 0.1) is 0 Å². The van der Waals surface area contributed by atoms with Crippen molar-refractivity contribution in [3.05, 3.63) is 71.3 Å². The highest BCUT2D eigenvalue weighted by atomic mass is 19.1. The first-order valence-electron chi connectivity index (χ1n) is 9.10. The molecule has 1 saturated heterocycles. The predicted octanol–water partition coefficient (Wildman–Crippen LogP) is 3.68. The number of likely N-dealkylation sites (tertiary alicyclic amines) is 1. The molecule has 2 aromatic rings. The molecule has 0 bridgehead atoms. The summed E-state index contributed by atoms with van der Waals surface area (Å²) in [6.07, 6.45) is 2.51. The van der Waals surface area contributed by atoms with Crippen LogP contribution in [0.3, 0.4) is 0 Å². The molecule has 1 heterocycles. The minimum atomic E-state index is -0.255. The summed E-state index contributed by atoms with van der Waals surface area (Å²) in [5, 5.41) is 3.06. The molecule has 0 atom stereocenters. The highest BCUT2D eigenvalue weighted by molar-refractivity contribution is 5.76. The Morgan fingerprint density at radius 3 is 2.42 bits per heavy atom. The van der Waals surface area contributed by atoms with Crippen molar-refractivity contribution in [2.75, 3.05) is 13.1 Å². The third-order valence-corrected chi connectivity index (χ3v) is 4.85. The van der Waals surface area contributed by atoms with E-state index >= 15 is 0 Å². The Morgan fingerprint density at radius 2 is 1.73 bits per heavy atom. The van der Waals surface area contributed by atoms with Gasteiger partial charge in [0, 0.05) is 32.1 Å². The second-order valence-corrected chi connectivity index (χ2v) is 6.84. The van der Waals surface area contributed by atoms with Gasteiger partial charge >= 0.3 is 0 Å². The predicted molar refractivity (Wildman–Crippen MR) is 97.6 cm³/mol. The van der Waals surface area contributed by atoms with Crippen LogP contribution in [0, 0.1) is 11.6 Å². The molecule has 0 aromatic heterocycles. The molecule has 138 valence electrons. The molecule has 1 fully saturated rings. The summed E-state index contributed by atoms with van der Waals surface area (Å²) in [7, 11) is 0. The fraction of sp³-hybridized carbons (Fsp3) is 0.381. The van der Waals surface area contributed by atoms with Gasteiger partial charge in [0.25, 0.3) is 0 Å². The van der Waals surface area contributed by atoms with Crippen LogP contribution in [0.1, 0.15) is 30.4 Å². The molecular formula is C21H24F2N2O. The molecule has 0 spiro atoms. The number of hydrogen-bond donors (Lipinski definition) is 1. The average molecular weight is 358 g/mol. The van der Waals surface area contributed by atoms with Gasteiger partial charge in [-0.2, -0.15) is 0 Å². The zero-order valence-corrected chi connectivity index (χ0v) is 14.8. The normalized spacial score (nSPS) is 15.8. The van der Waals surface area contributed by atoms with Gasteiger partial charge in [-0.1, -0.05) is 30.3 Å². The lowest BCUT2D eigenvalue weighted by Crippen LogP contribution is -2.44. The highest BCUT2D eigenvalue weighted by Gasteiger charge is 2.20. The van der Waals surface area contributed by atoms with Crippen LogP contribution in [0.25, 0.3) is 0 Å².